The first kappa shape index (κ1) is 13.7. The van der Waals surface area contributed by atoms with Gasteiger partial charge in [-0.3, -0.25) is 4.79 Å². The van der Waals surface area contributed by atoms with Gasteiger partial charge in [-0.1, -0.05) is 25.4 Å². The number of halogens is 1. The molecule has 0 fully saturated rings. The topological polar surface area (TPSA) is 62.5 Å². The molecule has 0 atom stereocenters. The van der Waals surface area contributed by atoms with Crippen LogP contribution in [0.4, 0.5) is 5.82 Å². The Morgan fingerprint density at radius 2 is 2.16 bits per heavy atom. The van der Waals surface area contributed by atoms with Crippen LogP contribution in [0.5, 0.6) is 0 Å². The number of aliphatic hydroxyl groups excluding tert-OH is 1. The number of Topliss-reactive ketones (excluding diaryl/α,β-unsaturated/α-hetero) is 1. The first-order chi connectivity index (χ1) is 8.87. The first-order valence-electron chi connectivity index (χ1n) is 5.98. The molecule has 0 saturated heterocycles. The van der Waals surface area contributed by atoms with Gasteiger partial charge < -0.3 is 5.11 Å². The predicted octanol–water partition coefficient (Wildman–Crippen LogP) is 3.64. The number of carbonyl (C=O) groups is 1. The maximum atomic E-state index is 11.9. The Morgan fingerprint density at radius 1 is 1.42 bits per heavy atom. The number of pyridine rings is 1. The molecule has 0 radical (unpaired) electrons. The molecule has 1 aromatic rings. The molecule has 0 saturated carbocycles. The largest absolute Gasteiger partial charge is 0.511 e. The minimum Gasteiger partial charge on any atom is -0.511 e. The zero-order chi connectivity index (χ0) is 14.0. The van der Waals surface area contributed by atoms with Gasteiger partial charge in [-0.2, -0.15) is 0 Å². The smallest absolute Gasteiger partial charge is 0.168 e. The fraction of sp³-hybridized carbons (Fsp3) is 0.357. The second kappa shape index (κ2) is 5.13. The van der Waals surface area contributed by atoms with Crippen molar-refractivity contribution in [3.8, 4) is 0 Å². The monoisotopic (exact) mass is 278 g/mol. The van der Waals surface area contributed by atoms with E-state index in [2.05, 4.69) is 9.98 Å². The van der Waals surface area contributed by atoms with E-state index in [-0.39, 0.29) is 22.5 Å². The van der Waals surface area contributed by atoms with Gasteiger partial charge in [-0.25, -0.2) is 9.98 Å². The molecular formula is C14H15ClN2O2. The number of aliphatic hydroxyl groups is 1. The van der Waals surface area contributed by atoms with Crippen molar-refractivity contribution in [2.75, 3.05) is 0 Å². The predicted molar refractivity (Wildman–Crippen MR) is 75.1 cm³/mol. The molecule has 1 aliphatic rings. The highest BCUT2D eigenvalue weighted by Crippen LogP contribution is 2.35. The van der Waals surface area contributed by atoms with Crippen LogP contribution >= 0.6 is 11.6 Å². The van der Waals surface area contributed by atoms with Gasteiger partial charge in [0.25, 0.3) is 0 Å². The zero-order valence-electron chi connectivity index (χ0n) is 10.9. The van der Waals surface area contributed by atoms with E-state index in [4.69, 9.17) is 11.6 Å². The third kappa shape index (κ3) is 3.41. The molecule has 1 aromatic heterocycles. The van der Waals surface area contributed by atoms with Crippen LogP contribution in [0.1, 0.15) is 26.7 Å². The molecule has 0 bridgehead atoms. The van der Waals surface area contributed by atoms with Gasteiger partial charge in [0.15, 0.2) is 11.6 Å². The Labute approximate surface area is 116 Å². The molecule has 100 valence electrons. The van der Waals surface area contributed by atoms with E-state index in [9.17, 15) is 9.90 Å². The van der Waals surface area contributed by atoms with Crippen LogP contribution in [0.15, 0.2) is 34.7 Å². The van der Waals surface area contributed by atoms with Crippen molar-refractivity contribution < 1.29 is 9.90 Å². The second-order valence-corrected chi connectivity index (χ2v) is 5.83. The van der Waals surface area contributed by atoms with Crippen LogP contribution in [0, 0.1) is 5.41 Å². The van der Waals surface area contributed by atoms with E-state index in [0.717, 1.165) is 0 Å². The fourth-order valence-electron chi connectivity index (χ4n) is 2.02. The lowest BCUT2D eigenvalue weighted by atomic mass is 9.77. The lowest BCUT2D eigenvalue weighted by Gasteiger charge is -2.28. The Kier molecular flexibility index (Phi) is 3.71. The zero-order valence-corrected chi connectivity index (χ0v) is 11.6. The van der Waals surface area contributed by atoms with Crippen molar-refractivity contribution in [2.24, 2.45) is 10.4 Å². The normalized spacial score (nSPS) is 19.2. The number of aromatic nitrogens is 1. The molecule has 0 spiro atoms. The van der Waals surface area contributed by atoms with Gasteiger partial charge in [0.1, 0.15) is 5.76 Å². The highest BCUT2D eigenvalue weighted by molar-refractivity contribution is 6.30. The molecule has 1 heterocycles. The molecular weight excluding hydrogens is 264 g/mol. The van der Waals surface area contributed by atoms with Crippen LogP contribution in [-0.4, -0.2) is 22.1 Å². The Hall–Kier alpha value is -1.68. The molecule has 2 rings (SSSR count). The summed E-state index contributed by atoms with van der Waals surface area (Å²) in [6.45, 7) is 3.91. The minimum absolute atomic E-state index is 0.0912. The van der Waals surface area contributed by atoms with Crippen molar-refractivity contribution in [3.05, 3.63) is 34.7 Å². The van der Waals surface area contributed by atoms with Crippen molar-refractivity contribution in [1.29, 1.82) is 0 Å². The fourth-order valence-corrected chi connectivity index (χ4v) is 2.14. The molecule has 0 aliphatic heterocycles. The van der Waals surface area contributed by atoms with Crippen molar-refractivity contribution in [2.45, 2.75) is 26.7 Å². The van der Waals surface area contributed by atoms with Crippen molar-refractivity contribution in [3.63, 3.8) is 0 Å². The van der Waals surface area contributed by atoms with Crippen LogP contribution in [0.25, 0.3) is 0 Å². The summed E-state index contributed by atoms with van der Waals surface area (Å²) in [6.07, 6.45) is 3.75. The maximum absolute atomic E-state index is 11.9. The number of rotatable bonds is 2. The van der Waals surface area contributed by atoms with E-state index in [1.165, 1.54) is 12.4 Å². The number of carbonyl (C=O) groups excluding carboxylic acids is 1. The van der Waals surface area contributed by atoms with E-state index >= 15 is 0 Å². The van der Waals surface area contributed by atoms with Crippen LogP contribution < -0.4 is 0 Å². The SMILES string of the molecule is CC1(C)CC(=O)C(C=Nc2ccc(Cl)cn2)=C(O)C1. The van der Waals surface area contributed by atoms with Crippen LogP contribution in [0.2, 0.25) is 5.02 Å². The average Bonchev–Trinajstić information content (AvgIpc) is 2.29. The first-order valence-corrected chi connectivity index (χ1v) is 6.36. The third-order valence-corrected chi connectivity index (χ3v) is 3.16. The third-order valence-electron chi connectivity index (χ3n) is 2.93. The standard InChI is InChI=1S/C14H15ClN2O2/c1-14(2)5-11(18)10(12(19)6-14)8-17-13-4-3-9(15)7-16-13/h3-4,7-8,18H,5-6H2,1-2H3. The summed E-state index contributed by atoms with van der Waals surface area (Å²) < 4.78 is 0. The lowest BCUT2D eigenvalue weighted by molar-refractivity contribution is -0.117. The van der Waals surface area contributed by atoms with Crippen molar-refractivity contribution >= 4 is 29.4 Å². The summed E-state index contributed by atoms with van der Waals surface area (Å²) in [5.41, 5.74) is 0.0768. The van der Waals surface area contributed by atoms with Crippen LogP contribution in [-0.2, 0) is 4.79 Å². The average molecular weight is 279 g/mol. The molecule has 1 aliphatic carbocycles. The molecule has 0 unspecified atom stereocenters. The summed E-state index contributed by atoms with van der Waals surface area (Å²) in [6, 6.07) is 3.31. The van der Waals surface area contributed by atoms with Gasteiger partial charge >= 0.3 is 0 Å². The summed E-state index contributed by atoms with van der Waals surface area (Å²) in [7, 11) is 0. The Morgan fingerprint density at radius 3 is 2.74 bits per heavy atom. The van der Waals surface area contributed by atoms with Crippen molar-refractivity contribution in [1.82, 2.24) is 4.98 Å². The highest BCUT2D eigenvalue weighted by atomic mass is 35.5. The van der Waals surface area contributed by atoms with E-state index in [0.29, 0.717) is 23.7 Å². The van der Waals surface area contributed by atoms with Gasteiger partial charge in [-0.15, -0.1) is 0 Å². The molecule has 0 amide bonds. The van der Waals surface area contributed by atoms with Gasteiger partial charge in [-0.05, 0) is 17.5 Å². The highest BCUT2D eigenvalue weighted by Gasteiger charge is 2.32. The van der Waals surface area contributed by atoms with E-state index in [1.54, 1.807) is 12.1 Å². The molecule has 1 N–H and O–H groups in total. The number of ketones is 1. The van der Waals surface area contributed by atoms with Crippen LogP contribution in [0.3, 0.4) is 0 Å². The molecule has 4 nitrogen and oxygen atoms in total. The second-order valence-electron chi connectivity index (χ2n) is 5.39. The summed E-state index contributed by atoms with van der Waals surface area (Å²) in [5.74, 6) is 0.452. The van der Waals surface area contributed by atoms with E-state index in [1.807, 2.05) is 13.8 Å². The van der Waals surface area contributed by atoms with Gasteiger partial charge in [0.2, 0.25) is 0 Å². The minimum atomic E-state index is -0.197. The molecule has 5 heteroatoms. The molecule has 0 aromatic carbocycles. The summed E-state index contributed by atoms with van der Waals surface area (Å²) in [4.78, 5) is 20.0. The number of hydrogen-bond donors (Lipinski definition) is 1. The summed E-state index contributed by atoms with van der Waals surface area (Å²) >= 11 is 5.72. The van der Waals surface area contributed by atoms with Gasteiger partial charge in [0.05, 0.1) is 10.6 Å². The Bertz CT molecular complexity index is 559. The van der Waals surface area contributed by atoms with E-state index < -0.39 is 0 Å². The number of allylic oxidation sites excluding steroid dienone is 2. The number of hydrogen-bond acceptors (Lipinski definition) is 4. The van der Waals surface area contributed by atoms with Gasteiger partial charge in [0, 0.05) is 25.3 Å². The quantitative estimate of drug-likeness (QED) is 0.840. The number of aliphatic imine (C=N–C) groups is 1. The maximum Gasteiger partial charge on any atom is 0.168 e. The summed E-state index contributed by atoms with van der Waals surface area (Å²) in [5, 5.41) is 10.4. The Balaban J connectivity index is 2.23. The molecule has 19 heavy (non-hydrogen) atoms. The number of nitrogens with zero attached hydrogens (tertiary/aromatic N) is 2. The lowest BCUT2D eigenvalue weighted by Crippen LogP contribution is -2.26.